The van der Waals surface area contributed by atoms with Gasteiger partial charge in [0.1, 0.15) is 0 Å². The predicted molar refractivity (Wildman–Crippen MR) is 50.2 cm³/mol. The summed E-state index contributed by atoms with van der Waals surface area (Å²) in [7, 11) is 0. The molecule has 1 saturated carbocycles. The molecule has 0 aromatic carbocycles. The summed E-state index contributed by atoms with van der Waals surface area (Å²) in [6.07, 6.45) is 6.92. The maximum Gasteiger partial charge on any atom is 0.0432 e. The second-order valence-electron chi connectivity index (χ2n) is 3.52. The number of hydrogen-bond donors (Lipinski definition) is 1. The molecule has 0 spiro atoms. The van der Waals surface area contributed by atoms with Crippen molar-refractivity contribution in [2.75, 3.05) is 6.54 Å². The Morgan fingerprint density at radius 1 is 1.36 bits per heavy atom. The molecule has 0 aromatic rings. The summed E-state index contributed by atoms with van der Waals surface area (Å²) < 4.78 is 0. The fourth-order valence-corrected chi connectivity index (χ4v) is 1.72. The minimum Gasteiger partial charge on any atom is -0.313 e. The second-order valence-corrected chi connectivity index (χ2v) is 4.27. The molecule has 1 atom stereocenters. The summed E-state index contributed by atoms with van der Waals surface area (Å²) in [5.74, 6) is 0. The first-order valence-electron chi connectivity index (χ1n) is 4.66. The van der Waals surface area contributed by atoms with Crippen LogP contribution in [-0.4, -0.2) is 18.0 Å². The highest BCUT2D eigenvalue weighted by molar-refractivity contribution is 6.20. The Hall–Kier alpha value is 0.250. The van der Waals surface area contributed by atoms with Crippen molar-refractivity contribution in [3.63, 3.8) is 0 Å². The van der Waals surface area contributed by atoms with Gasteiger partial charge in [0.15, 0.2) is 0 Å². The van der Waals surface area contributed by atoms with Gasteiger partial charge >= 0.3 is 0 Å². The average molecular weight is 176 g/mol. The van der Waals surface area contributed by atoms with Crippen LogP contribution in [-0.2, 0) is 0 Å². The molecular formula is C9H18ClN. The van der Waals surface area contributed by atoms with Crippen LogP contribution >= 0.6 is 11.6 Å². The minimum atomic E-state index is 0.275. The quantitative estimate of drug-likeness (QED) is 0.651. The summed E-state index contributed by atoms with van der Waals surface area (Å²) in [6.45, 7) is 3.00. The molecule has 0 aliphatic heterocycles. The molecule has 2 heteroatoms. The molecule has 1 nitrogen and oxygen atoms in total. The number of halogens is 1. The van der Waals surface area contributed by atoms with Gasteiger partial charge in [-0.3, -0.25) is 0 Å². The lowest BCUT2D eigenvalue weighted by molar-refractivity contribution is 0.375. The van der Waals surface area contributed by atoms with E-state index in [4.69, 9.17) is 11.6 Å². The van der Waals surface area contributed by atoms with E-state index in [-0.39, 0.29) is 5.38 Å². The highest BCUT2D eigenvalue weighted by Crippen LogP contribution is 2.17. The summed E-state index contributed by atoms with van der Waals surface area (Å²) in [4.78, 5) is 0. The van der Waals surface area contributed by atoms with Crippen LogP contribution in [0.1, 0.15) is 39.0 Å². The van der Waals surface area contributed by atoms with Gasteiger partial charge in [-0.05, 0) is 19.8 Å². The molecule has 11 heavy (non-hydrogen) atoms. The van der Waals surface area contributed by atoms with Crippen molar-refractivity contribution >= 4 is 11.6 Å². The fourth-order valence-electron chi connectivity index (χ4n) is 1.64. The van der Waals surface area contributed by atoms with Crippen LogP contribution in [0.3, 0.4) is 0 Å². The van der Waals surface area contributed by atoms with Gasteiger partial charge in [-0.25, -0.2) is 0 Å². The molecule has 0 aromatic heterocycles. The Morgan fingerprint density at radius 3 is 2.55 bits per heavy atom. The lowest BCUT2D eigenvalue weighted by atomic mass is 9.95. The van der Waals surface area contributed by atoms with Crippen molar-refractivity contribution in [2.45, 2.75) is 50.4 Å². The van der Waals surface area contributed by atoms with Crippen molar-refractivity contribution in [1.82, 2.24) is 5.32 Å². The van der Waals surface area contributed by atoms with E-state index in [1.165, 1.54) is 32.1 Å². The first-order chi connectivity index (χ1) is 5.29. The van der Waals surface area contributed by atoms with Crippen molar-refractivity contribution < 1.29 is 0 Å². The summed E-state index contributed by atoms with van der Waals surface area (Å²) in [5, 5.41) is 3.76. The zero-order valence-corrected chi connectivity index (χ0v) is 8.03. The van der Waals surface area contributed by atoms with Gasteiger partial charge < -0.3 is 5.32 Å². The first kappa shape index (κ1) is 9.34. The molecule has 0 heterocycles. The van der Waals surface area contributed by atoms with Gasteiger partial charge in [-0.15, -0.1) is 11.6 Å². The highest BCUT2D eigenvalue weighted by Gasteiger charge is 2.12. The van der Waals surface area contributed by atoms with Gasteiger partial charge in [0, 0.05) is 18.0 Å². The summed E-state index contributed by atoms with van der Waals surface area (Å²) in [6, 6.07) is 0.755. The van der Waals surface area contributed by atoms with E-state index in [9.17, 15) is 0 Å². The average Bonchev–Trinajstić information content (AvgIpc) is 2.03. The van der Waals surface area contributed by atoms with Crippen molar-refractivity contribution in [3.05, 3.63) is 0 Å². The highest BCUT2D eigenvalue weighted by atomic mass is 35.5. The minimum absolute atomic E-state index is 0.275. The molecule has 1 fully saturated rings. The first-order valence-corrected chi connectivity index (χ1v) is 5.10. The van der Waals surface area contributed by atoms with Crippen LogP contribution in [0.5, 0.6) is 0 Å². The molecule has 1 N–H and O–H groups in total. The lowest BCUT2D eigenvalue weighted by Gasteiger charge is -2.23. The normalized spacial score (nSPS) is 23.5. The molecular weight excluding hydrogens is 158 g/mol. The number of rotatable bonds is 3. The summed E-state index contributed by atoms with van der Waals surface area (Å²) >= 11 is 5.83. The number of alkyl halides is 1. The van der Waals surface area contributed by atoms with Crippen LogP contribution in [0.25, 0.3) is 0 Å². The predicted octanol–water partition coefficient (Wildman–Crippen LogP) is 2.54. The van der Waals surface area contributed by atoms with Crippen molar-refractivity contribution in [2.24, 2.45) is 0 Å². The van der Waals surface area contributed by atoms with Gasteiger partial charge in [0.25, 0.3) is 0 Å². The van der Waals surface area contributed by atoms with E-state index in [0.29, 0.717) is 0 Å². The maximum atomic E-state index is 5.83. The molecule has 0 bridgehead atoms. The van der Waals surface area contributed by atoms with Gasteiger partial charge in [-0.1, -0.05) is 19.3 Å². The van der Waals surface area contributed by atoms with Crippen LogP contribution in [0, 0.1) is 0 Å². The van der Waals surface area contributed by atoms with E-state index in [1.54, 1.807) is 0 Å². The van der Waals surface area contributed by atoms with Crippen LogP contribution in [0.4, 0.5) is 0 Å². The van der Waals surface area contributed by atoms with Crippen molar-refractivity contribution in [3.8, 4) is 0 Å². The molecule has 1 rings (SSSR count). The van der Waals surface area contributed by atoms with E-state index in [2.05, 4.69) is 5.32 Å². The van der Waals surface area contributed by atoms with Crippen LogP contribution < -0.4 is 5.32 Å². The van der Waals surface area contributed by atoms with Crippen LogP contribution in [0.2, 0.25) is 0 Å². The Bertz CT molecular complexity index is 97.7. The van der Waals surface area contributed by atoms with Crippen LogP contribution in [0.15, 0.2) is 0 Å². The van der Waals surface area contributed by atoms with Crippen molar-refractivity contribution in [1.29, 1.82) is 0 Å². The Kier molecular flexibility index (Phi) is 4.24. The SMILES string of the molecule is C[C@H](Cl)CNC1CCCCC1. The third-order valence-corrected chi connectivity index (χ3v) is 2.45. The molecule has 0 radical (unpaired) electrons. The van der Waals surface area contributed by atoms with Gasteiger partial charge in [0.05, 0.1) is 0 Å². The maximum absolute atomic E-state index is 5.83. The van der Waals surface area contributed by atoms with E-state index in [1.807, 2.05) is 6.92 Å². The zero-order valence-electron chi connectivity index (χ0n) is 7.28. The molecule has 0 saturated heterocycles. The fraction of sp³-hybridized carbons (Fsp3) is 1.00. The van der Waals surface area contributed by atoms with Gasteiger partial charge in [-0.2, -0.15) is 0 Å². The Morgan fingerprint density at radius 2 is 2.00 bits per heavy atom. The molecule has 0 unspecified atom stereocenters. The Balaban J connectivity index is 2.05. The van der Waals surface area contributed by atoms with E-state index in [0.717, 1.165) is 12.6 Å². The number of nitrogens with one attached hydrogen (secondary N) is 1. The van der Waals surface area contributed by atoms with Gasteiger partial charge in [0.2, 0.25) is 0 Å². The third kappa shape index (κ3) is 3.97. The molecule has 66 valence electrons. The zero-order chi connectivity index (χ0) is 8.10. The number of hydrogen-bond acceptors (Lipinski definition) is 1. The standard InChI is InChI=1S/C9H18ClN/c1-8(10)7-11-9-5-3-2-4-6-9/h8-9,11H,2-7H2,1H3/t8-/m0/s1. The van der Waals surface area contributed by atoms with E-state index < -0.39 is 0 Å². The summed E-state index contributed by atoms with van der Waals surface area (Å²) in [5.41, 5.74) is 0. The lowest BCUT2D eigenvalue weighted by Crippen LogP contribution is -2.34. The molecule has 1 aliphatic rings. The Labute approximate surface area is 74.5 Å². The van der Waals surface area contributed by atoms with E-state index >= 15 is 0 Å². The third-order valence-electron chi connectivity index (χ3n) is 2.29. The molecule has 1 aliphatic carbocycles. The monoisotopic (exact) mass is 175 g/mol. The molecule has 0 amide bonds. The largest absolute Gasteiger partial charge is 0.313 e. The second kappa shape index (κ2) is 5.00. The smallest absolute Gasteiger partial charge is 0.0432 e. The topological polar surface area (TPSA) is 12.0 Å².